The molecule has 4 aromatic rings. The van der Waals surface area contributed by atoms with Crippen molar-refractivity contribution in [2.75, 3.05) is 5.32 Å². The second-order valence-corrected chi connectivity index (χ2v) is 6.07. The lowest BCUT2D eigenvalue weighted by atomic mass is 10.1. The van der Waals surface area contributed by atoms with Crippen molar-refractivity contribution in [1.82, 2.24) is 19.6 Å². The summed E-state index contributed by atoms with van der Waals surface area (Å²) in [4.78, 5) is 20.4. The van der Waals surface area contributed by atoms with Crippen LogP contribution in [-0.4, -0.2) is 25.5 Å². The summed E-state index contributed by atoms with van der Waals surface area (Å²) in [6, 6.07) is 11.1. The minimum absolute atomic E-state index is 0.303. The smallest absolute Gasteiger partial charge is 0.276 e. The molecule has 118 valence electrons. The number of fused-ring (bicyclic) bond motifs is 1. The molecule has 0 saturated heterocycles. The number of aromatic nitrogens is 4. The minimum atomic E-state index is -0.303. The maximum atomic E-state index is 12.2. The van der Waals surface area contributed by atoms with Gasteiger partial charge in [0.25, 0.3) is 5.91 Å². The van der Waals surface area contributed by atoms with Gasteiger partial charge in [0.2, 0.25) is 0 Å². The molecule has 0 radical (unpaired) electrons. The Morgan fingerprint density at radius 3 is 2.83 bits per heavy atom. The van der Waals surface area contributed by atoms with Crippen molar-refractivity contribution in [3.8, 4) is 11.3 Å². The fourth-order valence-corrected chi connectivity index (χ4v) is 3.04. The number of amides is 1. The molecule has 1 aromatic carbocycles. The van der Waals surface area contributed by atoms with Crippen LogP contribution in [0.25, 0.3) is 16.9 Å². The highest BCUT2D eigenvalue weighted by atomic mass is 35.5. The van der Waals surface area contributed by atoms with E-state index in [2.05, 4.69) is 20.4 Å². The van der Waals surface area contributed by atoms with E-state index in [1.54, 1.807) is 21.6 Å². The normalized spacial score (nSPS) is 10.9. The number of halogens is 1. The lowest BCUT2D eigenvalue weighted by Crippen LogP contribution is -2.14. The zero-order valence-corrected chi connectivity index (χ0v) is 13.8. The van der Waals surface area contributed by atoms with Crippen molar-refractivity contribution in [3.63, 3.8) is 0 Å². The molecule has 1 N–H and O–H groups in total. The molecule has 6 nitrogen and oxygen atoms in total. The Labute approximate surface area is 145 Å². The summed E-state index contributed by atoms with van der Waals surface area (Å²) in [6.45, 7) is 0. The molecule has 0 atom stereocenters. The van der Waals surface area contributed by atoms with E-state index in [0.29, 0.717) is 27.9 Å². The van der Waals surface area contributed by atoms with Gasteiger partial charge in [-0.3, -0.25) is 4.79 Å². The Bertz CT molecular complexity index is 1030. The lowest BCUT2D eigenvalue weighted by molar-refractivity contribution is 0.102. The molecular formula is C16H10ClN5OS. The molecule has 4 rings (SSSR count). The first-order valence-corrected chi connectivity index (χ1v) is 8.34. The van der Waals surface area contributed by atoms with E-state index in [1.807, 2.05) is 36.4 Å². The number of carbonyl (C=O) groups is 1. The first kappa shape index (κ1) is 14.8. The molecule has 0 aliphatic rings. The van der Waals surface area contributed by atoms with Gasteiger partial charge in [-0.15, -0.1) is 11.3 Å². The quantitative estimate of drug-likeness (QED) is 0.607. The monoisotopic (exact) mass is 355 g/mol. The standard InChI is InChI=1S/C16H10ClN5OS/c17-11-4-2-1-3-10(11)12-5-6-14-18-7-15(22(14)21-12)20-16(23)13-8-24-9-19-13/h1-9H,(H,20,23). The highest BCUT2D eigenvalue weighted by Crippen LogP contribution is 2.26. The van der Waals surface area contributed by atoms with Gasteiger partial charge in [0.05, 0.1) is 22.4 Å². The molecule has 3 heterocycles. The second kappa shape index (κ2) is 6.03. The van der Waals surface area contributed by atoms with Crippen molar-refractivity contribution >= 4 is 40.3 Å². The zero-order chi connectivity index (χ0) is 16.5. The number of nitrogens with one attached hydrogen (secondary N) is 1. The Morgan fingerprint density at radius 2 is 2.04 bits per heavy atom. The van der Waals surface area contributed by atoms with Crippen LogP contribution >= 0.6 is 22.9 Å². The topological polar surface area (TPSA) is 72.2 Å². The molecule has 0 unspecified atom stereocenters. The van der Waals surface area contributed by atoms with Crippen molar-refractivity contribution in [3.05, 3.63) is 64.2 Å². The Hall–Kier alpha value is -2.77. The van der Waals surface area contributed by atoms with E-state index in [4.69, 9.17) is 11.6 Å². The number of anilines is 1. The molecular weight excluding hydrogens is 346 g/mol. The third kappa shape index (κ3) is 2.64. The van der Waals surface area contributed by atoms with Crippen LogP contribution < -0.4 is 5.32 Å². The van der Waals surface area contributed by atoms with Gasteiger partial charge in [0, 0.05) is 10.9 Å². The average Bonchev–Trinajstić information content (AvgIpc) is 3.25. The van der Waals surface area contributed by atoms with Gasteiger partial charge in [-0.25, -0.2) is 9.97 Å². The average molecular weight is 356 g/mol. The van der Waals surface area contributed by atoms with Gasteiger partial charge < -0.3 is 5.32 Å². The van der Waals surface area contributed by atoms with Gasteiger partial charge in [0.1, 0.15) is 5.69 Å². The first-order chi connectivity index (χ1) is 11.7. The van der Waals surface area contributed by atoms with E-state index in [1.165, 1.54) is 11.3 Å². The van der Waals surface area contributed by atoms with E-state index < -0.39 is 0 Å². The summed E-state index contributed by atoms with van der Waals surface area (Å²) in [7, 11) is 0. The Morgan fingerprint density at radius 1 is 1.17 bits per heavy atom. The maximum Gasteiger partial charge on any atom is 0.276 e. The molecule has 8 heteroatoms. The molecule has 0 aliphatic heterocycles. The maximum absolute atomic E-state index is 12.2. The third-order valence-corrected chi connectivity index (χ3v) is 4.33. The van der Waals surface area contributed by atoms with E-state index in [0.717, 1.165) is 5.56 Å². The number of carbonyl (C=O) groups excluding carboxylic acids is 1. The number of imidazole rings is 1. The molecule has 0 saturated carbocycles. The summed E-state index contributed by atoms with van der Waals surface area (Å²) in [5.41, 5.74) is 4.09. The third-order valence-electron chi connectivity index (χ3n) is 3.42. The highest BCUT2D eigenvalue weighted by molar-refractivity contribution is 7.07. The highest BCUT2D eigenvalue weighted by Gasteiger charge is 2.13. The van der Waals surface area contributed by atoms with Crippen LogP contribution in [0.5, 0.6) is 0 Å². The van der Waals surface area contributed by atoms with E-state index >= 15 is 0 Å². The van der Waals surface area contributed by atoms with Crippen LogP contribution in [0.3, 0.4) is 0 Å². The fourth-order valence-electron chi connectivity index (χ4n) is 2.28. The van der Waals surface area contributed by atoms with Crippen LogP contribution in [0.1, 0.15) is 10.5 Å². The number of benzene rings is 1. The lowest BCUT2D eigenvalue weighted by Gasteiger charge is -2.06. The summed E-state index contributed by atoms with van der Waals surface area (Å²) >= 11 is 7.59. The molecule has 3 aromatic heterocycles. The van der Waals surface area contributed by atoms with Crippen molar-refractivity contribution < 1.29 is 4.79 Å². The first-order valence-electron chi connectivity index (χ1n) is 7.01. The number of hydrogen-bond acceptors (Lipinski definition) is 5. The van der Waals surface area contributed by atoms with Gasteiger partial charge in [-0.1, -0.05) is 29.8 Å². The Kier molecular flexibility index (Phi) is 3.72. The number of rotatable bonds is 3. The molecule has 0 fully saturated rings. The fraction of sp³-hybridized carbons (Fsp3) is 0. The van der Waals surface area contributed by atoms with Gasteiger partial charge >= 0.3 is 0 Å². The predicted octanol–water partition coefficient (Wildman–Crippen LogP) is 3.76. The second-order valence-electron chi connectivity index (χ2n) is 4.94. The van der Waals surface area contributed by atoms with Crippen LogP contribution in [0.2, 0.25) is 5.02 Å². The molecule has 1 amide bonds. The number of hydrogen-bond donors (Lipinski definition) is 1. The largest absolute Gasteiger partial charge is 0.304 e. The zero-order valence-electron chi connectivity index (χ0n) is 12.2. The predicted molar refractivity (Wildman–Crippen MR) is 93.5 cm³/mol. The summed E-state index contributed by atoms with van der Waals surface area (Å²) < 4.78 is 1.57. The van der Waals surface area contributed by atoms with Crippen molar-refractivity contribution in [1.29, 1.82) is 0 Å². The van der Waals surface area contributed by atoms with E-state index in [9.17, 15) is 4.79 Å². The van der Waals surface area contributed by atoms with Crippen LogP contribution in [0.4, 0.5) is 5.82 Å². The SMILES string of the molecule is O=C(Nc1cnc2ccc(-c3ccccc3Cl)nn12)c1cscn1. The van der Waals surface area contributed by atoms with Crippen molar-refractivity contribution in [2.45, 2.75) is 0 Å². The molecule has 0 spiro atoms. The molecule has 0 bridgehead atoms. The van der Waals surface area contributed by atoms with Crippen LogP contribution in [0, 0.1) is 0 Å². The van der Waals surface area contributed by atoms with Crippen LogP contribution in [-0.2, 0) is 0 Å². The summed E-state index contributed by atoms with van der Waals surface area (Å²) in [5, 5.41) is 9.60. The molecule has 0 aliphatic carbocycles. The van der Waals surface area contributed by atoms with Gasteiger partial charge in [-0.05, 0) is 18.2 Å². The summed E-state index contributed by atoms with van der Waals surface area (Å²) in [6.07, 6.45) is 1.56. The van der Waals surface area contributed by atoms with Crippen molar-refractivity contribution in [2.24, 2.45) is 0 Å². The molecule has 24 heavy (non-hydrogen) atoms. The number of nitrogens with zero attached hydrogens (tertiary/aromatic N) is 4. The number of thiazole rings is 1. The van der Waals surface area contributed by atoms with Crippen LogP contribution in [0.15, 0.2) is 53.5 Å². The Balaban J connectivity index is 1.74. The van der Waals surface area contributed by atoms with Gasteiger partial charge in [-0.2, -0.15) is 9.61 Å². The summed E-state index contributed by atoms with van der Waals surface area (Å²) in [5.74, 6) is 0.167. The van der Waals surface area contributed by atoms with E-state index in [-0.39, 0.29) is 5.91 Å². The minimum Gasteiger partial charge on any atom is -0.304 e. The van der Waals surface area contributed by atoms with Gasteiger partial charge in [0.15, 0.2) is 11.5 Å².